The summed E-state index contributed by atoms with van der Waals surface area (Å²) in [4.78, 5) is 23.6. The number of hydrogen-bond donors (Lipinski definition) is 3. The third-order valence-electron chi connectivity index (χ3n) is 5.27. The fourth-order valence-electron chi connectivity index (χ4n) is 3.53. The Morgan fingerprint density at radius 2 is 1.67 bits per heavy atom. The molecule has 6 atom stereocenters. The van der Waals surface area contributed by atoms with Crippen LogP contribution < -0.4 is 5.32 Å². The van der Waals surface area contributed by atoms with Crippen LogP contribution in [0.2, 0.25) is 0 Å². The van der Waals surface area contributed by atoms with Crippen molar-refractivity contribution in [3.05, 3.63) is 71.8 Å². The van der Waals surface area contributed by atoms with Gasteiger partial charge in [-0.15, -0.1) is 0 Å². The van der Waals surface area contributed by atoms with Crippen molar-refractivity contribution >= 4 is 12.1 Å². The van der Waals surface area contributed by atoms with Gasteiger partial charge in [-0.2, -0.15) is 0 Å². The Morgan fingerprint density at radius 1 is 1.03 bits per heavy atom. The largest absolute Gasteiger partial charge is 0.463 e. The Kier molecular flexibility index (Phi) is 8.79. The number of nitrogens with one attached hydrogen (secondary N) is 1. The van der Waals surface area contributed by atoms with Gasteiger partial charge in [0.2, 0.25) is 0 Å². The first kappa shape index (κ1) is 24.7. The minimum Gasteiger partial charge on any atom is -0.463 e. The minimum atomic E-state index is -1.54. The van der Waals surface area contributed by atoms with E-state index in [0.717, 1.165) is 11.1 Å². The van der Waals surface area contributed by atoms with Gasteiger partial charge in [-0.1, -0.05) is 60.7 Å². The zero-order valence-corrected chi connectivity index (χ0v) is 18.5. The number of alkyl carbamates (subject to hydrolysis) is 1. The summed E-state index contributed by atoms with van der Waals surface area (Å²) in [7, 11) is 0. The predicted octanol–water partition coefficient (Wildman–Crippen LogP) is 2.07. The van der Waals surface area contributed by atoms with Crippen LogP contribution in [0.4, 0.5) is 4.79 Å². The number of carbonyl (C=O) groups is 2. The van der Waals surface area contributed by atoms with Gasteiger partial charge in [0.25, 0.3) is 0 Å². The first-order valence-corrected chi connectivity index (χ1v) is 10.7. The molecule has 0 aromatic heterocycles. The maximum Gasteiger partial charge on any atom is 0.407 e. The van der Waals surface area contributed by atoms with Crippen LogP contribution in [0.1, 0.15) is 31.1 Å². The number of ether oxygens (including phenoxy) is 4. The van der Waals surface area contributed by atoms with Gasteiger partial charge in [-0.05, 0) is 18.1 Å². The molecule has 0 spiro atoms. The predicted molar refractivity (Wildman–Crippen MR) is 117 cm³/mol. The summed E-state index contributed by atoms with van der Waals surface area (Å²) in [5, 5.41) is 24.0. The molecule has 3 rings (SSSR count). The van der Waals surface area contributed by atoms with Crippen molar-refractivity contribution in [3.8, 4) is 0 Å². The summed E-state index contributed by atoms with van der Waals surface area (Å²) in [5.41, 5.74) is 1.63. The number of benzene rings is 2. The molecule has 1 unspecified atom stereocenters. The molecule has 1 fully saturated rings. The van der Waals surface area contributed by atoms with Crippen LogP contribution in [-0.2, 0) is 30.3 Å². The van der Waals surface area contributed by atoms with Gasteiger partial charge in [0.05, 0.1) is 6.10 Å². The number of esters is 1. The molecule has 178 valence electrons. The minimum absolute atomic E-state index is 0.0277. The molecule has 3 N–H and O–H groups in total. The Hall–Kier alpha value is -2.98. The summed E-state index contributed by atoms with van der Waals surface area (Å²) < 4.78 is 21.7. The highest BCUT2D eigenvalue weighted by molar-refractivity contribution is 5.68. The van der Waals surface area contributed by atoms with Crippen LogP contribution in [0.15, 0.2) is 60.7 Å². The van der Waals surface area contributed by atoms with E-state index >= 15 is 0 Å². The summed E-state index contributed by atoms with van der Waals surface area (Å²) in [6.07, 6.45) is -6.25. The van der Waals surface area contributed by atoms with Crippen molar-refractivity contribution in [2.45, 2.75) is 57.2 Å². The summed E-state index contributed by atoms with van der Waals surface area (Å²) in [6.45, 7) is 2.76. The van der Waals surface area contributed by atoms with Crippen LogP contribution in [0.5, 0.6) is 0 Å². The highest BCUT2D eigenvalue weighted by Crippen LogP contribution is 2.28. The van der Waals surface area contributed by atoms with Crippen LogP contribution in [0.25, 0.3) is 0 Å². The second kappa shape index (κ2) is 11.8. The fourth-order valence-corrected chi connectivity index (χ4v) is 3.53. The number of rotatable bonds is 8. The standard InChI is InChI=1S/C24H29NO8/c1-15(18-11-7-4-8-12-18)32-22-20(23(28)33-19(21(22)27)14-30-16(2)26)25-24(29)31-13-17-9-5-3-6-10-17/h3-12,15,19-23,27-28H,13-14H2,1-2H3,(H,25,29)/t15?,19-,20-,21-,22-,23+/m1/s1. The van der Waals surface area contributed by atoms with Gasteiger partial charge in [-0.25, -0.2) is 4.79 Å². The second-order valence-electron chi connectivity index (χ2n) is 7.74. The zero-order chi connectivity index (χ0) is 23.8. The first-order chi connectivity index (χ1) is 15.8. The maximum atomic E-state index is 12.4. The molecule has 9 heteroatoms. The Morgan fingerprint density at radius 3 is 2.30 bits per heavy atom. The number of hydrogen-bond acceptors (Lipinski definition) is 8. The lowest BCUT2D eigenvalue weighted by Gasteiger charge is -2.43. The van der Waals surface area contributed by atoms with E-state index in [-0.39, 0.29) is 13.2 Å². The van der Waals surface area contributed by atoms with Gasteiger partial charge in [0.15, 0.2) is 6.29 Å². The van der Waals surface area contributed by atoms with E-state index in [1.54, 1.807) is 6.92 Å². The second-order valence-corrected chi connectivity index (χ2v) is 7.74. The lowest BCUT2D eigenvalue weighted by molar-refractivity contribution is -0.268. The molecule has 33 heavy (non-hydrogen) atoms. The molecule has 0 aliphatic carbocycles. The van der Waals surface area contributed by atoms with E-state index in [1.165, 1.54) is 6.92 Å². The van der Waals surface area contributed by atoms with Crippen LogP contribution in [0.3, 0.4) is 0 Å². The summed E-state index contributed by atoms with van der Waals surface area (Å²) >= 11 is 0. The molecule has 2 aromatic carbocycles. The molecule has 0 bridgehead atoms. The fraction of sp³-hybridized carbons (Fsp3) is 0.417. The molecule has 2 aromatic rings. The molecule has 1 aliphatic heterocycles. The van der Waals surface area contributed by atoms with E-state index in [4.69, 9.17) is 18.9 Å². The van der Waals surface area contributed by atoms with E-state index < -0.39 is 48.8 Å². The van der Waals surface area contributed by atoms with Gasteiger partial charge in [0, 0.05) is 6.92 Å². The highest BCUT2D eigenvalue weighted by atomic mass is 16.6. The molecule has 0 radical (unpaired) electrons. The van der Waals surface area contributed by atoms with Crippen molar-refractivity contribution in [1.29, 1.82) is 0 Å². The molecule has 1 heterocycles. The van der Waals surface area contributed by atoms with Crippen LogP contribution >= 0.6 is 0 Å². The van der Waals surface area contributed by atoms with Crippen molar-refractivity contribution in [2.24, 2.45) is 0 Å². The quantitative estimate of drug-likeness (QED) is 0.513. The summed E-state index contributed by atoms with van der Waals surface area (Å²) in [5.74, 6) is -0.555. The number of aliphatic hydroxyl groups excluding tert-OH is 2. The molecular weight excluding hydrogens is 430 g/mol. The first-order valence-electron chi connectivity index (χ1n) is 10.7. The third-order valence-corrected chi connectivity index (χ3v) is 5.27. The van der Waals surface area contributed by atoms with Crippen LogP contribution in [0, 0.1) is 0 Å². The van der Waals surface area contributed by atoms with Crippen molar-refractivity contribution in [2.75, 3.05) is 6.61 Å². The molecule has 1 saturated heterocycles. The SMILES string of the molecule is CC(=O)OC[C@H]1O[C@H](O)[C@H](NC(=O)OCc2ccccc2)[C@@H](OC(C)c2ccccc2)[C@@H]1O. The molecule has 0 saturated carbocycles. The zero-order valence-electron chi connectivity index (χ0n) is 18.5. The average molecular weight is 459 g/mol. The van der Waals surface area contributed by atoms with E-state index in [2.05, 4.69) is 5.32 Å². The normalized spacial score (nSPS) is 25.6. The highest BCUT2D eigenvalue weighted by Gasteiger charge is 2.47. The van der Waals surface area contributed by atoms with Crippen LogP contribution in [-0.4, -0.2) is 59.5 Å². The third kappa shape index (κ3) is 7.00. The van der Waals surface area contributed by atoms with Gasteiger partial charge in [0.1, 0.15) is 37.6 Å². The molecular formula is C24H29NO8. The topological polar surface area (TPSA) is 124 Å². The van der Waals surface area contributed by atoms with E-state index in [1.807, 2.05) is 60.7 Å². The lowest BCUT2D eigenvalue weighted by Crippen LogP contribution is -2.65. The van der Waals surface area contributed by atoms with Gasteiger partial charge < -0.3 is 34.5 Å². The monoisotopic (exact) mass is 459 g/mol. The lowest BCUT2D eigenvalue weighted by atomic mass is 9.96. The molecule has 9 nitrogen and oxygen atoms in total. The Balaban J connectivity index is 1.72. The van der Waals surface area contributed by atoms with Crippen molar-refractivity contribution in [1.82, 2.24) is 5.32 Å². The number of aliphatic hydroxyl groups is 2. The smallest absolute Gasteiger partial charge is 0.407 e. The van der Waals surface area contributed by atoms with E-state index in [9.17, 15) is 19.8 Å². The number of amides is 1. The summed E-state index contributed by atoms with van der Waals surface area (Å²) in [6, 6.07) is 17.3. The van der Waals surface area contributed by atoms with Gasteiger partial charge >= 0.3 is 12.1 Å². The number of carbonyl (C=O) groups excluding carboxylic acids is 2. The van der Waals surface area contributed by atoms with Gasteiger partial charge in [-0.3, -0.25) is 4.79 Å². The van der Waals surface area contributed by atoms with E-state index in [0.29, 0.717) is 0 Å². The molecule has 1 aliphatic rings. The maximum absolute atomic E-state index is 12.4. The molecule has 1 amide bonds. The Labute approximate surface area is 192 Å². The average Bonchev–Trinajstić information content (AvgIpc) is 2.82. The Bertz CT molecular complexity index is 894. The van der Waals surface area contributed by atoms with Crippen molar-refractivity contribution < 1.29 is 38.7 Å². The van der Waals surface area contributed by atoms with Crippen molar-refractivity contribution in [3.63, 3.8) is 0 Å².